The average Bonchev–Trinajstić information content (AvgIpc) is 2.45. The number of nitrogen functional groups attached to an aromatic ring is 1. The Kier molecular flexibility index (Phi) is 2.18. The summed E-state index contributed by atoms with van der Waals surface area (Å²) in [4.78, 5) is 4.35. The largest absolute Gasteiger partial charge is 0.399 e. The van der Waals surface area contributed by atoms with Gasteiger partial charge in [-0.3, -0.25) is 0 Å². The zero-order valence-electron chi connectivity index (χ0n) is 9.49. The summed E-state index contributed by atoms with van der Waals surface area (Å²) in [5.74, 6) is 0. The van der Waals surface area contributed by atoms with Crippen LogP contribution < -0.4 is 5.73 Å². The van der Waals surface area contributed by atoms with Gasteiger partial charge in [0.1, 0.15) is 0 Å². The first-order valence-corrected chi connectivity index (χ1v) is 5.16. The first kappa shape index (κ1) is 10.0. The molecule has 0 saturated carbocycles. The Morgan fingerprint density at radius 3 is 2.73 bits per heavy atom. The van der Waals surface area contributed by atoms with Gasteiger partial charge in [0.2, 0.25) is 0 Å². The van der Waals surface area contributed by atoms with E-state index in [-0.39, 0.29) is 5.41 Å². The number of imidazole rings is 1. The molecule has 1 heterocycles. The molecule has 0 aliphatic heterocycles. The summed E-state index contributed by atoms with van der Waals surface area (Å²) in [6.45, 7) is 7.62. The maximum Gasteiger partial charge on any atom is 0.0958 e. The van der Waals surface area contributed by atoms with Gasteiger partial charge in [0.05, 0.1) is 17.4 Å². The molecule has 2 rings (SSSR count). The van der Waals surface area contributed by atoms with Gasteiger partial charge in [-0.25, -0.2) is 4.98 Å². The van der Waals surface area contributed by atoms with Crippen molar-refractivity contribution in [3.8, 4) is 0 Å². The van der Waals surface area contributed by atoms with Gasteiger partial charge in [0.25, 0.3) is 0 Å². The highest BCUT2D eigenvalue weighted by Crippen LogP contribution is 2.21. The molecule has 0 amide bonds. The molecule has 0 saturated heterocycles. The number of aromatic nitrogens is 2. The molecule has 15 heavy (non-hydrogen) atoms. The second kappa shape index (κ2) is 3.26. The van der Waals surface area contributed by atoms with Gasteiger partial charge in [-0.15, -0.1) is 0 Å². The molecule has 2 N–H and O–H groups in total. The van der Waals surface area contributed by atoms with E-state index in [9.17, 15) is 0 Å². The van der Waals surface area contributed by atoms with Crippen molar-refractivity contribution in [2.75, 3.05) is 5.73 Å². The van der Waals surface area contributed by atoms with Crippen LogP contribution in [0.2, 0.25) is 0 Å². The summed E-state index contributed by atoms with van der Waals surface area (Å²) in [5, 5.41) is 0. The predicted octanol–water partition coefficient (Wildman–Crippen LogP) is 2.66. The van der Waals surface area contributed by atoms with Gasteiger partial charge >= 0.3 is 0 Å². The normalized spacial score (nSPS) is 12.2. The lowest BCUT2D eigenvalue weighted by Crippen LogP contribution is -2.14. The lowest BCUT2D eigenvalue weighted by Gasteiger charge is -2.19. The Balaban J connectivity index is 2.45. The number of anilines is 1. The van der Waals surface area contributed by atoms with E-state index in [1.807, 2.05) is 24.5 Å². The molecule has 0 aliphatic carbocycles. The summed E-state index contributed by atoms with van der Waals surface area (Å²) in [6, 6.07) is 5.86. The van der Waals surface area contributed by atoms with Crippen molar-refractivity contribution >= 4 is 16.7 Å². The third-order valence-electron chi connectivity index (χ3n) is 2.29. The number of fused-ring (bicyclic) bond motifs is 1. The molecule has 0 aliphatic rings. The standard InChI is InChI=1S/C12H17N3/c1-12(2,3)7-15-8-14-10-6-9(13)4-5-11(10)15/h4-6,8H,7,13H2,1-3H3. The van der Waals surface area contributed by atoms with Crippen LogP contribution in [0.25, 0.3) is 11.0 Å². The van der Waals surface area contributed by atoms with Crippen molar-refractivity contribution < 1.29 is 0 Å². The van der Waals surface area contributed by atoms with E-state index in [2.05, 4.69) is 30.3 Å². The molecule has 3 heteroatoms. The maximum absolute atomic E-state index is 5.71. The maximum atomic E-state index is 5.71. The first-order chi connectivity index (χ1) is 6.96. The first-order valence-electron chi connectivity index (χ1n) is 5.16. The Hall–Kier alpha value is -1.51. The molecule has 1 aromatic carbocycles. The summed E-state index contributed by atoms with van der Waals surface area (Å²) < 4.78 is 2.18. The van der Waals surface area contributed by atoms with Crippen molar-refractivity contribution in [1.82, 2.24) is 9.55 Å². The number of hydrogen-bond donors (Lipinski definition) is 1. The molecule has 0 fully saturated rings. The van der Waals surface area contributed by atoms with Crippen LogP contribution in [0.1, 0.15) is 20.8 Å². The minimum Gasteiger partial charge on any atom is -0.399 e. The third kappa shape index (κ3) is 2.12. The van der Waals surface area contributed by atoms with E-state index in [1.54, 1.807) is 0 Å². The highest BCUT2D eigenvalue weighted by Gasteiger charge is 2.12. The number of hydrogen-bond acceptors (Lipinski definition) is 2. The van der Waals surface area contributed by atoms with Gasteiger partial charge in [-0.05, 0) is 23.6 Å². The van der Waals surface area contributed by atoms with Crippen molar-refractivity contribution in [1.29, 1.82) is 0 Å². The second-order valence-corrected chi connectivity index (χ2v) is 5.18. The van der Waals surface area contributed by atoms with Crippen LogP contribution in [-0.4, -0.2) is 9.55 Å². The van der Waals surface area contributed by atoms with Crippen LogP contribution in [0.15, 0.2) is 24.5 Å². The minimum absolute atomic E-state index is 0.259. The van der Waals surface area contributed by atoms with E-state index >= 15 is 0 Å². The third-order valence-corrected chi connectivity index (χ3v) is 2.29. The molecule has 0 spiro atoms. The van der Waals surface area contributed by atoms with E-state index in [4.69, 9.17) is 5.73 Å². The number of benzene rings is 1. The number of rotatable bonds is 1. The molecule has 3 nitrogen and oxygen atoms in total. The number of nitrogens with zero attached hydrogens (tertiary/aromatic N) is 2. The van der Waals surface area contributed by atoms with Crippen LogP contribution in [0.3, 0.4) is 0 Å². The SMILES string of the molecule is CC(C)(C)Cn1cnc2cc(N)ccc21. The van der Waals surface area contributed by atoms with Crippen molar-refractivity contribution in [3.05, 3.63) is 24.5 Å². The molecule has 0 radical (unpaired) electrons. The molecule has 2 aromatic rings. The summed E-state index contributed by atoms with van der Waals surface area (Å²) in [7, 11) is 0. The van der Waals surface area contributed by atoms with E-state index in [1.165, 1.54) is 0 Å². The fourth-order valence-corrected chi connectivity index (χ4v) is 1.72. The Bertz CT molecular complexity index is 477. The molecular formula is C12H17N3. The van der Waals surface area contributed by atoms with Crippen molar-refractivity contribution in [2.45, 2.75) is 27.3 Å². The van der Waals surface area contributed by atoms with Gasteiger partial charge in [-0.2, -0.15) is 0 Å². The zero-order valence-corrected chi connectivity index (χ0v) is 9.49. The molecule has 0 bridgehead atoms. The molecule has 80 valence electrons. The van der Waals surface area contributed by atoms with E-state index < -0.39 is 0 Å². The van der Waals surface area contributed by atoms with Crippen LogP contribution in [0, 0.1) is 5.41 Å². The second-order valence-electron chi connectivity index (χ2n) is 5.18. The Labute approximate surface area is 89.9 Å². The quantitative estimate of drug-likeness (QED) is 0.724. The van der Waals surface area contributed by atoms with E-state index in [0.29, 0.717) is 0 Å². The fraction of sp³-hybridized carbons (Fsp3) is 0.417. The Morgan fingerprint density at radius 1 is 1.33 bits per heavy atom. The highest BCUT2D eigenvalue weighted by molar-refractivity contribution is 5.78. The lowest BCUT2D eigenvalue weighted by atomic mass is 9.97. The predicted molar refractivity (Wildman–Crippen MR) is 63.6 cm³/mol. The topological polar surface area (TPSA) is 43.8 Å². The molecular weight excluding hydrogens is 186 g/mol. The van der Waals surface area contributed by atoms with Gasteiger partial charge in [0, 0.05) is 12.2 Å². The lowest BCUT2D eigenvalue weighted by molar-refractivity contribution is 0.348. The van der Waals surface area contributed by atoms with Crippen LogP contribution >= 0.6 is 0 Å². The van der Waals surface area contributed by atoms with Crippen LogP contribution in [0.5, 0.6) is 0 Å². The summed E-state index contributed by atoms with van der Waals surface area (Å²) in [6.07, 6.45) is 1.88. The van der Waals surface area contributed by atoms with Crippen molar-refractivity contribution in [2.24, 2.45) is 5.41 Å². The van der Waals surface area contributed by atoms with E-state index in [0.717, 1.165) is 23.3 Å². The molecule has 0 atom stereocenters. The van der Waals surface area contributed by atoms with Gasteiger partial charge in [-0.1, -0.05) is 20.8 Å². The number of nitrogens with two attached hydrogens (primary N) is 1. The van der Waals surface area contributed by atoms with Crippen LogP contribution in [0.4, 0.5) is 5.69 Å². The summed E-state index contributed by atoms with van der Waals surface area (Å²) >= 11 is 0. The smallest absolute Gasteiger partial charge is 0.0958 e. The highest BCUT2D eigenvalue weighted by atomic mass is 15.0. The van der Waals surface area contributed by atoms with Crippen LogP contribution in [-0.2, 0) is 6.54 Å². The Morgan fingerprint density at radius 2 is 2.07 bits per heavy atom. The zero-order chi connectivity index (χ0) is 11.1. The monoisotopic (exact) mass is 203 g/mol. The van der Waals surface area contributed by atoms with Crippen molar-refractivity contribution in [3.63, 3.8) is 0 Å². The molecule has 0 unspecified atom stereocenters. The van der Waals surface area contributed by atoms with Gasteiger partial charge < -0.3 is 10.3 Å². The van der Waals surface area contributed by atoms with Gasteiger partial charge in [0.15, 0.2) is 0 Å². The molecule has 1 aromatic heterocycles. The minimum atomic E-state index is 0.259. The fourth-order valence-electron chi connectivity index (χ4n) is 1.72. The summed E-state index contributed by atoms with van der Waals surface area (Å²) in [5.41, 5.74) is 8.86. The average molecular weight is 203 g/mol.